The van der Waals surface area contributed by atoms with Crippen LogP contribution in [0, 0.1) is 0 Å². The number of rotatable bonds is 2. The van der Waals surface area contributed by atoms with Crippen LogP contribution in [0.3, 0.4) is 0 Å². The minimum atomic E-state index is 0.925. The molecule has 0 N–H and O–H groups in total. The number of quaternary nitrogens is 1. The smallest absolute Gasteiger partial charge is 0.169 e. The van der Waals surface area contributed by atoms with Crippen LogP contribution in [-0.2, 0) is 14.1 Å². The molecule has 3 aromatic heterocycles. The van der Waals surface area contributed by atoms with Gasteiger partial charge in [-0.25, -0.2) is 9.13 Å². The van der Waals surface area contributed by atoms with Crippen molar-refractivity contribution in [2.24, 2.45) is 14.1 Å². The molecule has 3 aromatic rings. The molecule has 0 atom stereocenters. The van der Waals surface area contributed by atoms with Crippen molar-refractivity contribution < 1.29 is 13.6 Å². The minimum absolute atomic E-state index is 0.925. The minimum Gasteiger partial charge on any atom is -0.299 e. The van der Waals surface area contributed by atoms with Gasteiger partial charge < -0.3 is 0 Å². The highest BCUT2D eigenvalue weighted by molar-refractivity contribution is 5.73. The van der Waals surface area contributed by atoms with Gasteiger partial charge >= 0.3 is 0 Å². The van der Waals surface area contributed by atoms with Crippen LogP contribution in [0.15, 0.2) is 91.9 Å². The zero-order valence-corrected chi connectivity index (χ0v) is 17.2. The highest BCUT2D eigenvalue weighted by atomic mass is 15.3. The molecule has 28 heavy (non-hydrogen) atoms. The Bertz CT molecular complexity index is 910. The molecule has 4 rings (SSSR count). The fourth-order valence-corrected chi connectivity index (χ4v) is 2.89. The molecule has 0 saturated carbocycles. The number of aryl methyl sites for hydroxylation is 2. The first-order valence-corrected chi connectivity index (χ1v) is 9.46. The Hall–Kier alpha value is -3.11. The maximum atomic E-state index is 4.01. The van der Waals surface area contributed by atoms with E-state index in [0.29, 0.717) is 0 Å². The van der Waals surface area contributed by atoms with E-state index in [1.54, 1.807) is 0 Å². The maximum Gasteiger partial charge on any atom is 0.169 e. The average molecular weight is 374 g/mol. The van der Waals surface area contributed by atoms with Gasteiger partial charge in [0, 0.05) is 36.7 Å². The van der Waals surface area contributed by atoms with Crippen molar-refractivity contribution in [2.45, 2.75) is 0 Å². The van der Waals surface area contributed by atoms with Crippen molar-refractivity contribution in [1.29, 1.82) is 0 Å². The van der Waals surface area contributed by atoms with Gasteiger partial charge in [0.1, 0.15) is 20.6 Å². The lowest BCUT2D eigenvalue weighted by Gasteiger charge is -2.26. The molecule has 0 bridgehead atoms. The molecular formula is C24H29N4+3. The van der Waals surface area contributed by atoms with E-state index >= 15 is 0 Å². The Morgan fingerprint density at radius 3 is 1.68 bits per heavy atom. The molecule has 0 aliphatic carbocycles. The molecule has 1 aliphatic heterocycles. The van der Waals surface area contributed by atoms with E-state index in [-0.39, 0.29) is 0 Å². The summed E-state index contributed by atoms with van der Waals surface area (Å²) in [4.78, 5) is 4.01. The quantitative estimate of drug-likeness (QED) is 0.499. The lowest BCUT2D eigenvalue weighted by Crippen LogP contribution is -2.34. The lowest BCUT2D eigenvalue weighted by atomic mass is 10.0. The van der Waals surface area contributed by atoms with Crippen LogP contribution < -0.4 is 9.13 Å². The topological polar surface area (TPSA) is 20.6 Å². The van der Waals surface area contributed by atoms with Crippen LogP contribution >= 0.6 is 0 Å². The van der Waals surface area contributed by atoms with Crippen molar-refractivity contribution in [3.05, 3.63) is 97.5 Å². The number of likely N-dealkylation sites (N-methyl/N-ethyl adjacent to an activating group) is 1. The summed E-state index contributed by atoms with van der Waals surface area (Å²) in [6.45, 7) is 1.05. The van der Waals surface area contributed by atoms with E-state index in [1.165, 1.54) is 22.3 Å². The monoisotopic (exact) mass is 373 g/mol. The number of hydrogen-bond acceptors (Lipinski definition) is 1. The van der Waals surface area contributed by atoms with E-state index in [4.69, 9.17) is 0 Å². The summed E-state index contributed by atoms with van der Waals surface area (Å²) < 4.78 is 4.99. The second-order valence-electron chi connectivity index (χ2n) is 7.68. The molecule has 0 aromatic carbocycles. The van der Waals surface area contributed by atoms with Crippen LogP contribution in [0.1, 0.15) is 5.56 Å². The van der Waals surface area contributed by atoms with Gasteiger partial charge in [-0.1, -0.05) is 0 Å². The summed E-state index contributed by atoms with van der Waals surface area (Å²) in [5, 5.41) is 0. The fourth-order valence-electron chi connectivity index (χ4n) is 2.89. The molecule has 4 heteroatoms. The van der Waals surface area contributed by atoms with Gasteiger partial charge in [-0.2, -0.15) is 0 Å². The van der Waals surface area contributed by atoms with Crippen LogP contribution in [0.5, 0.6) is 0 Å². The second kappa shape index (κ2) is 8.72. The largest absolute Gasteiger partial charge is 0.299 e. The number of aromatic nitrogens is 3. The SMILES string of the molecule is C[N+]1(C)C=CC(c2ccncc2)=CC1.C[n+]1ccc(-c2cc[n+](C)cc2)cc1. The Morgan fingerprint density at radius 1 is 0.750 bits per heavy atom. The highest BCUT2D eigenvalue weighted by Gasteiger charge is 2.14. The third kappa shape index (κ3) is 5.44. The van der Waals surface area contributed by atoms with Crippen LogP contribution in [0.25, 0.3) is 16.7 Å². The first kappa shape index (κ1) is 19.6. The normalized spacial score (nSPS) is 14.6. The molecule has 142 valence electrons. The van der Waals surface area contributed by atoms with Crippen LogP contribution in [-0.4, -0.2) is 30.1 Å². The molecule has 0 spiro atoms. The zero-order valence-electron chi connectivity index (χ0n) is 17.2. The van der Waals surface area contributed by atoms with Crippen molar-refractivity contribution in [3.63, 3.8) is 0 Å². The van der Waals surface area contributed by atoms with E-state index in [2.05, 4.69) is 86.5 Å². The van der Waals surface area contributed by atoms with Crippen molar-refractivity contribution >= 4 is 5.57 Å². The summed E-state index contributed by atoms with van der Waals surface area (Å²) in [6, 6.07) is 12.6. The Kier molecular flexibility index (Phi) is 6.12. The lowest BCUT2D eigenvalue weighted by molar-refractivity contribution is -0.833. The predicted octanol–water partition coefficient (Wildman–Crippen LogP) is 3.07. The molecule has 0 radical (unpaired) electrons. The van der Waals surface area contributed by atoms with Crippen molar-refractivity contribution in [2.75, 3.05) is 20.6 Å². The fraction of sp³-hybridized carbons (Fsp3) is 0.208. The standard InChI is InChI=1S/C12H15N2.C12H14N2/c1-14(2)9-5-12(6-10-14)11-3-7-13-8-4-11;1-13-7-3-11(4-8-13)12-5-9-14(2)10-6-12/h3-9H,10H2,1-2H3;3-10H,1-2H3/q+1;+2. The number of allylic oxidation sites excluding steroid dienone is 2. The van der Waals surface area contributed by atoms with Gasteiger partial charge in [0.2, 0.25) is 0 Å². The van der Waals surface area contributed by atoms with Gasteiger partial charge in [-0.3, -0.25) is 9.47 Å². The summed E-state index contributed by atoms with van der Waals surface area (Å²) in [5.74, 6) is 0. The van der Waals surface area contributed by atoms with Gasteiger partial charge in [-0.15, -0.1) is 0 Å². The van der Waals surface area contributed by atoms with Gasteiger partial charge in [-0.05, 0) is 46.5 Å². The molecule has 0 saturated heterocycles. The third-order valence-corrected chi connectivity index (χ3v) is 4.74. The van der Waals surface area contributed by atoms with E-state index in [0.717, 1.165) is 11.0 Å². The summed E-state index contributed by atoms with van der Waals surface area (Å²) in [5.41, 5.74) is 5.05. The molecule has 0 amide bonds. The Labute approximate surface area is 167 Å². The first-order chi connectivity index (χ1) is 13.4. The molecule has 4 nitrogen and oxygen atoms in total. The number of nitrogens with zero attached hydrogens (tertiary/aromatic N) is 4. The molecule has 1 aliphatic rings. The highest BCUT2D eigenvalue weighted by Crippen LogP contribution is 2.20. The zero-order chi connectivity index (χ0) is 20.0. The Morgan fingerprint density at radius 2 is 1.25 bits per heavy atom. The van der Waals surface area contributed by atoms with E-state index < -0.39 is 0 Å². The van der Waals surface area contributed by atoms with Gasteiger partial charge in [0.15, 0.2) is 24.8 Å². The maximum absolute atomic E-state index is 4.01. The van der Waals surface area contributed by atoms with Crippen molar-refractivity contribution in [1.82, 2.24) is 4.98 Å². The second-order valence-corrected chi connectivity index (χ2v) is 7.68. The Balaban J connectivity index is 0.000000161. The molecule has 0 fully saturated rings. The third-order valence-electron chi connectivity index (χ3n) is 4.74. The van der Waals surface area contributed by atoms with Crippen LogP contribution in [0.2, 0.25) is 0 Å². The van der Waals surface area contributed by atoms with E-state index in [1.807, 2.05) is 47.8 Å². The van der Waals surface area contributed by atoms with Gasteiger partial charge in [0.05, 0.1) is 20.3 Å². The molecular weight excluding hydrogens is 344 g/mol. The first-order valence-electron chi connectivity index (χ1n) is 9.46. The molecule has 4 heterocycles. The summed E-state index contributed by atoms with van der Waals surface area (Å²) in [7, 11) is 8.43. The van der Waals surface area contributed by atoms with E-state index in [9.17, 15) is 0 Å². The molecule has 0 unspecified atom stereocenters. The summed E-state index contributed by atoms with van der Waals surface area (Å²) >= 11 is 0. The summed E-state index contributed by atoms with van der Waals surface area (Å²) in [6.07, 6.45) is 18.6. The number of pyridine rings is 3. The van der Waals surface area contributed by atoms with Gasteiger partial charge in [0.25, 0.3) is 0 Å². The number of hydrogen-bond donors (Lipinski definition) is 0. The average Bonchev–Trinajstić information content (AvgIpc) is 2.70. The van der Waals surface area contributed by atoms with Crippen molar-refractivity contribution in [3.8, 4) is 11.1 Å². The van der Waals surface area contributed by atoms with Crippen LogP contribution in [0.4, 0.5) is 0 Å². The predicted molar refractivity (Wildman–Crippen MR) is 113 cm³/mol.